The Balaban J connectivity index is 1.60. The summed E-state index contributed by atoms with van der Waals surface area (Å²) in [6.45, 7) is 0.649. The fourth-order valence-corrected chi connectivity index (χ4v) is 2.65. The minimum Gasteiger partial charge on any atom is -0.393 e. The molecule has 0 radical (unpaired) electrons. The average molecular weight is 281 g/mol. The van der Waals surface area contributed by atoms with Crippen LogP contribution in [0.15, 0.2) is 54.6 Å². The molecule has 2 aromatic rings. The molecule has 0 aliphatic heterocycles. The van der Waals surface area contributed by atoms with E-state index >= 15 is 0 Å². The maximum absolute atomic E-state index is 12.0. The van der Waals surface area contributed by atoms with Crippen LogP contribution in [-0.2, 0) is 0 Å². The van der Waals surface area contributed by atoms with Crippen molar-refractivity contribution >= 4 is 5.91 Å². The summed E-state index contributed by atoms with van der Waals surface area (Å²) in [6, 6.07) is 17.7. The van der Waals surface area contributed by atoms with Gasteiger partial charge in [0.2, 0.25) is 0 Å². The Kier molecular flexibility index (Phi) is 4.02. The number of aliphatic hydroxyl groups is 1. The van der Waals surface area contributed by atoms with E-state index in [0.29, 0.717) is 18.0 Å². The monoisotopic (exact) mass is 281 g/mol. The van der Waals surface area contributed by atoms with Crippen LogP contribution in [0.1, 0.15) is 23.2 Å². The second-order valence-electron chi connectivity index (χ2n) is 5.64. The lowest BCUT2D eigenvalue weighted by Crippen LogP contribution is -2.38. The van der Waals surface area contributed by atoms with Gasteiger partial charge in [0.15, 0.2) is 0 Å². The molecule has 1 saturated carbocycles. The Morgan fingerprint density at radius 3 is 2.24 bits per heavy atom. The first-order valence-electron chi connectivity index (χ1n) is 7.34. The Morgan fingerprint density at radius 2 is 1.62 bits per heavy atom. The van der Waals surface area contributed by atoms with Crippen molar-refractivity contribution in [1.29, 1.82) is 0 Å². The number of amides is 1. The summed E-state index contributed by atoms with van der Waals surface area (Å²) in [5.41, 5.74) is 2.93. The van der Waals surface area contributed by atoms with Crippen molar-refractivity contribution in [2.45, 2.75) is 18.9 Å². The van der Waals surface area contributed by atoms with E-state index in [4.69, 9.17) is 0 Å². The molecular weight excluding hydrogens is 262 g/mol. The van der Waals surface area contributed by atoms with Crippen LogP contribution >= 0.6 is 0 Å². The van der Waals surface area contributed by atoms with Gasteiger partial charge in [0.05, 0.1) is 6.10 Å². The molecule has 3 rings (SSSR count). The molecule has 0 heterocycles. The summed E-state index contributed by atoms with van der Waals surface area (Å²) in [5.74, 6) is 0.378. The third kappa shape index (κ3) is 3.31. The lowest BCUT2D eigenvalue weighted by Gasteiger charge is -2.31. The van der Waals surface area contributed by atoms with E-state index in [1.807, 2.05) is 42.5 Å². The topological polar surface area (TPSA) is 49.3 Å². The molecule has 2 aromatic carbocycles. The van der Waals surface area contributed by atoms with E-state index in [-0.39, 0.29) is 12.0 Å². The highest BCUT2D eigenvalue weighted by molar-refractivity contribution is 5.94. The third-order valence-electron chi connectivity index (χ3n) is 4.02. The summed E-state index contributed by atoms with van der Waals surface area (Å²) in [5, 5.41) is 12.2. The number of hydrogen-bond donors (Lipinski definition) is 2. The molecular formula is C18H19NO2. The van der Waals surface area contributed by atoms with Crippen molar-refractivity contribution in [3.8, 4) is 11.1 Å². The molecule has 0 bridgehead atoms. The van der Waals surface area contributed by atoms with Gasteiger partial charge in [-0.05, 0) is 42.0 Å². The number of hydrogen-bond acceptors (Lipinski definition) is 2. The van der Waals surface area contributed by atoms with Crippen LogP contribution in [0.4, 0.5) is 0 Å². The molecule has 1 aliphatic rings. The van der Waals surface area contributed by atoms with Gasteiger partial charge in [-0.2, -0.15) is 0 Å². The van der Waals surface area contributed by atoms with Gasteiger partial charge in [-0.25, -0.2) is 0 Å². The summed E-state index contributed by atoms with van der Waals surface area (Å²) in [6.07, 6.45) is 1.43. The molecule has 0 aromatic heterocycles. The molecule has 108 valence electrons. The highest BCUT2D eigenvalue weighted by atomic mass is 16.3. The van der Waals surface area contributed by atoms with Gasteiger partial charge < -0.3 is 10.4 Å². The molecule has 0 spiro atoms. The van der Waals surface area contributed by atoms with Crippen LogP contribution in [0.25, 0.3) is 11.1 Å². The zero-order valence-electron chi connectivity index (χ0n) is 11.8. The van der Waals surface area contributed by atoms with Crippen LogP contribution in [0.3, 0.4) is 0 Å². The molecule has 1 aliphatic carbocycles. The smallest absolute Gasteiger partial charge is 0.251 e. The molecule has 1 amide bonds. The average Bonchev–Trinajstić information content (AvgIpc) is 2.51. The Bertz CT molecular complexity index is 601. The molecule has 0 atom stereocenters. The van der Waals surface area contributed by atoms with Crippen molar-refractivity contribution in [3.63, 3.8) is 0 Å². The SMILES string of the molecule is O=C(NCC1CC(O)C1)c1ccc(-c2ccccc2)cc1. The second kappa shape index (κ2) is 6.10. The summed E-state index contributed by atoms with van der Waals surface area (Å²) < 4.78 is 0. The lowest BCUT2D eigenvalue weighted by molar-refractivity contribution is 0.0420. The zero-order chi connectivity index (χ0) is 14.7. The fourth-order valence-electron chi connectivity index (χ4n) is 2.65. The standard InChI is InChI=1S/C18H19NO2/c20-17-10-13(11-17)12-19-18(21)16-8-6-15(7-9-16)14-4-2-1-3-5-14/h1-9,13,17,20H,10-12H2,(H,19,21). The largest absolute Gasteiger partial charge is 0.393 e. The first-order chi connectivity index (χ1) is 10.2. The third-order valence-corrected chi connectivity index (χ3v) is 4.02. The van der Waals surface area contributed by atoms with E-state index in [2.05, 4.69) is 17.4 Å². The zero-order valence-corrected chi connectivity index (χ0v) is 11.8. The molecule has 2 N–H and O–H groups in total. The van der Waals surface area contributed by atoms with E-state index in [0.717, 1.165) is 24.0 Å². The normalized spacial score (nSPS) is 20.6. The van der Waals surface area contributed by atoms with Crippen molar-refractivity contribution in [2.75, 3.05) is 6.54 Å². The van der Waals surface area contributed by atoms with Crippen LogP contribution in [0, 0.1) is 5.92 Å². The first kappa shape index (κ1) is 13.8. The van der Waals surface area contributed by atoms with Crippen LogP contribution in [0.5, 0.6) is 0 Å². The van der Waals surface area contributed by atoms with E-state index in [1.54, 1.807) is 0 Å². The fraction of sp³-hybridized carbons (Fsp3) is 0.278. The molecule has 3 nitrogen and oxygen atoms in total. The van der Waals surface area contributed by atoms with Crippen LogP contribution in [0.2, 0.25) is 0 Å². The molecule has 1 fully saturated rings. The van der Waals surface area contributed by atoms with Gasteiger partial charge in [-0.15, -0.1) is 0 Å². The predicted octanol–water partition coefficient (Wildman–Crippen LogP) is 2.85. The minimum atomic E-state index is -0.169. The number of nitrogens with one attached hydrogen (secondary N) is 1. The summed E-state index contributed by atoms with van der Waals surface area (Å²) in [4.78, 5) is 12.0. The number of carbonyl (C=O) groups is 1. The van der Waals surface area contributed by atoms with Gasteiger partial charge in [-0.1, -0.05) is 42.5 Å². The van der Waals surface area contributed by atoms with Crippen molar-refractivity contribution < 1.29 is 9.90 Å². The minimum absolute atomic E-state index is 0.0454. The molecule has 0 saturated heterocycles. The van der Waals surface area contributed by atoms with Gasteiger partial charge in [0.25, 0.3) is 5.91 Å². The second-order valence-corrected chi connectivity index (χ2v) is 5.64. The summed E-state index contributed by atoms with van der Waals surface area (Å²) >= 11 is 0. The van der Waals surface area contributed by atoms with E-state index in [9.17, 15) is 9.90 Å². The molecule has 21 heavy (non-hydrogen) atoms. The molecule has 3 heteroatoms. The quantitative estimate of drug-likeness (QED) is 0.905. The van der Waals surface area contributed by atoms with E-state index < -0.39 is 0 Å². The van der Waals surface area contributed by atoms with Crippen LogP contribution in [-0.4, -0.2) is 23.7 Å². The highest BCUT2D eigenvalue weighted by Crippen LogP contribution is 2.26. The number of carbonyl (C=O) groups excluding carboxylic acids is 1. The van der Waals surface area contributed by atoms with Gasteiger partial charge in [0, 0.05) is 12.1 Å². The number of benzene rings is 2. The van der Waals surface area contributed by atoms with Crippen molar-refractivity contribution in [2.24, 2.45) is 5.92 Å². The van der Waals surface area contributed by atoms with E-state index in [1.165, 1.54) is 0 Å². The predicted molar refractivity (Wildman–Crippen MR) is 82.9 cm³/mol. The summed E-state index contributed by atoms with van der Waals surface area (Å²) in [7, 11) is 0. The van der Waals surface area contributed by atoms with Gasteiger partial charge in [0.1, 0.15) is 0 Å². The number of aliphatic hydroxyl groups excluding tert-OH is 1. The number of rotatable bonds is 4. The van der Waals surface area contributed by atoms with Crippen LogP contribution < -0.4 is 5.32 Å². The Labute approximate surface area is 124 Å². The molecule has 0 unspecified atom stereocenters. The lowest BCUT2D eigenvalue weighted by atomic mass is 9.82. The van der Waals surface area contributed by atoms with Gasteiger partial charge >= 0.3 is 0 Å². The van der Waals surface area contributed by atoms with Gasteiger partial charge in [-0.3, -0.25) is 4.79 Å². The highest BCUT2D eigenvalue weighted by Gasteiger charge is 2.27. The Morgan fingerprint density at radius 1 is 1.00 bits per heavy atom. The maximum Gasteiger partial charge on any atom is 0.251 e. The maximum atomic E-state index is 12.0. The van der Waals surface area contributed by atoms with Crippen molar-refractivity contribution in [1.82, 2.24) is 5.32 Å². The Hall–Kier alpha value is -2.13. The first-order valence-corrected chi connectivity index (χ1v) is 7.34. The van der Waals surface area contributed by atoms with Crippen molar-refractivity contribution in [3.05, 3.63) is 60.2 Å².